The van der Waals surface area contributed by atoms with Crippen LogP contribution in [0, 0.1) is 31.6 Å². The molecule has 40 heavy (non-hydrogen) atoms. The van der Waals surface area contributed by atoms with E-state index < -0.39 is 13.0 Å². The van der Waals surface area contributed by atoms with Gasteiger partial charge in [0.15, 0.2) is 0 Å². The van der Waals surface area contributed by atoms with Gasteiger partial charge in [-0.2, -0.15) is 0 Å². The second-order valence-electron chi connectivity index (χ2n) is 12.3. The molecule has 2 saturated heterocycles. The van der Waals surface area contributed by atoms with Gasteiger partial charge >= 0.3 is 7.12 Å². The molecule has 7 nitrogen and oxygen atoms in total. The molecular formula is C32H44BNO6. The summed E-state index contributed by atoms with van der Waals surface area (Å²) in [6, 6.07) is 4.01. The standard InChI is InChI=1S/C32H44BNO6/c1-5-21(15-22-13-19(2)30(35)20(3)14-22)11-12-27-28-23(18-39-4)16-25-29(26(28)17-33(38)40-27)32(37)34(31(25)36)24-9-7-6-8-10-24/h13-15,24-27,29,35,38H,5-12,16-18H2,1-4H3/b21-15+/t25-,26+,27-,29-/m1/s1. The minimum atomic E-state index is -0.968. The number of allylic oxidation sites excluding steroid dienone is 1. The summed E-state index contributed by atoms with van der Waals surface area (Å²) < 4.78 is 11.8. The molecule has 0 spiro atoms. The Hall–Kier alpha value is -2.42. The molecule has 2 aliphatic carbocycles. The van der Waals surface area contributed by atoms with E-state index in [4.69, 9.17) is 9.39 Å². The average molecular weight is 550 g/mol. The molecule has 2 N–H and O–H groups in total. The predicted octanol–water partition coefficient (Wildman–Crippen LogP) is 5.36. The van der Waals surface area contributed by atoms with Crippen molar-refractivity contribution in [2.24, 2.45) is 17.8 Å². The normalized spacial score (nSPS) is 27.9. The van der Waals surface area contributed by atoms with Crippen molar-refractivity contribution in [2.45, 2.75) is 97.0 Å². The fourth-order valence-corrected chi connectivity index (χ4v) is 7.77. The molecule has 4 atom stereocenters. The Kier molecular flexibility index (Phi) is 8.88. The highest BCUT2D eigenvalue weighted by Crippen LogP contribution is 2.51. The summed E-state index contributed by atoms with van der Waals surface area (Å²) >= 11 is 0. The van der Waals surface area contributed by atoms with E-state index >= 15 is 0 Å². The lowest BCUT2D eigenvalue weighted by Crippen LogP contribution is -2.47. The van der Waals surface area contributed by atoms with E-state index in [1.54, 1.807) is 12.0 Å². The van der Waals surface area contributed by atoms with Gasteiger partial charge in [0.2, 0.25) is 11.8 Å². The van der Waals surface area contributed by atoms with Crippen molar-refractivity contribution in [1.29, 1.82) is 0 Å². The Morgan fingerprint density at radius 3 is 2.48 bits per heavy atom. The first kappa shape index (κ1) is 29.1. The number of phenols is 1. The van der Waals surface area contributed by atoms with Gasteiger partial charge in [0.25, 0.3) is 0 Å². The molecule has 0 aromatic heterocycles. The number of benzene rings is 1. The number of rotatable bonds is 8. The van der Waals surface area contributed by atoms with E-state index in [0.29, 0.717) is 31.5 Å². The summed E-state index contributed by atoms with van der Waals surface area (Å²) in [6.45, 7) is 6.35. The molecule has 1 saturated carbocycles. The fraction of sp³-hybridized carbons (Fsp3) is 0.625. The minimum Gasteiger partial charge on any atom is -0.507 e. The number of methoxy groups -OCH3 is 1. The second-order valence-corrected chi connectivity index (χ2v) is 12.3. The molecule has 2 heterocycles. The van der Waals surface area contributed by atoms with Gasteiger partial charge in [-0.1, -0.05) is 37.8 Å². The minimum absolute atomic E-state index is 0.0126. The molecule has 2 amide bonds. The molecule has 216 valence electrons. The van der Waals surface area contributed by atoms with Gasteiger partial charge in [-0.15, -0.1) is 0 Å². The molecule has 0 bridgehead atoms. The highest BCUT2D eigenvalue weighted by molar-refractivity contribution is 6.43. The summed E-state index contributed by atoms with van der Waals surface area (Å²) in [5.41, 5.74) is 6.16. The molecule has 3 fully saturated rings. The quantitative estimate of drug-likeness (QED) is 0.258. The van der Waals surface area contributed by atoms with Crippen LogP contribution in [0.2, 0.25) is 6.32 Å². The van der Waals surface area contributed by atoms with Crippen LogP contribution < -0.4 is 0 Å². The summed E-state index contributed by atoms with van der Waals surface area (Å²) in [7, 11) is 0.696. The molecule has 5 rings (SSSR count). The lowest BCUT2D eigenvalue weighted by molar-refractivity contribution is -0.143. The van der Waals surface area contributed by atoms with Gasteiger partial charge in [0.1, 0.15) is 5.75 Å². The van der Waals surface area contributed by atoms with E-state index in [2.05, 4.69) is 13.0 Å². The van der Waals surface area contributed by atoms with E-state index in [1.165, 1.54) is 5.57 Å². The van der Waals surface area contributed by atoms with Crippen molar-refractivity contribution in [3.05, 3.63) is 45.5 Å². The van der Waals surface area contributed by atoms with Crippen LogP contribution in [0.3, 0.4) is 0 Å². The maximum atomic E-state index is 13.9. The van der Waals surface area contributed by atoms with Crippen LogP contribution in [0.15, 0.2) is 28.9 Å². The third-order valence-corrected chi connectivity index (χ3v) is 9.67. The van der Waals surface area contributed by atoms with Crippen molar-refractivity contribution in [3.8, 4) is 5.75 Å². The first-order valence-corrected chi connectivity index (χ1v) is 15.1. The first-order chi connectivity index (χ1) is 19.2. The van der Waals surface area contributed by atoms with E-state index in [1.807, 2.05) is 26.0 Å². The van der Waals surface area contributed by atoms with Crippen molar-refractivity contribution in [3.63, 3.8) is 0 Å². The lowest BCUT2D eigenvalue weighted by atomic mass is 9.58. The van der Waals surface area contributed by atoms with Crippen molar-refractivity contribution in [1.82, 2.24) is 4.90 Å². The number of amides is 2. The predicted molar refractivity (Wildman–Crippen MR) is 155 cm³/mol. The molecule has 8 heteroatoms. The zero-order chi connectivity index (χ0) is 28.6. The molecule has 1 aromatic carbocycles. The molecule has 2 aliphatic heterocycles. The Morgan fingerprint density at radius 2 is 1.82 bits per heavy atom. The largest absolute Gasteiger partial charge is 0.507 e. The number of aromatic hydroxyl groups is 1. The Balaban J connectivity index is 1.41. The number of carbonyl (C=O) groups is 2. The van der Waals surface area contributed by atoms with Crippen molar-refractivity contribution < 1.29 is 29.1 Å². The molecular weight excluding hydrogens is 505 g/mol. The number of hydrogen-bond acceptors (Lipinski definition) is 6. The van der Waals surface area contributed by atoms with Crippen LogP contribution in [0.5, 0.6) is 5.75 Å². The third kappa shape index (κ3) is 5.55. The number of imide groups is 1. The molecule has 4 aliphatic rings. The van der Waals surface area contributed by atoms with E-state index in [-0.39, 0.29) is 35.8 Å². The van der Waals surface area contributed by atoms with Gasteiger partial charge in [0, 0.05) is 13.2 Å². The van der Waals surface area contributed by atoms with Gasteiger partial charge in [-0.25, -0.2) is 0 Å². The van der Waals surface area contributed by atoms with Crippen molar-refractivity contribution in [2.75, 3.05) is 13.7 Å². The number of nitrogens with zero attached hydrogens (tertiary/aromatic N) is 1. The van der Waals surface area contributed by atoms with Gasteiger partial charge < -0.3 is 19.5 Å². The van der Waals surface area contributed by atoms with E-state index in [9.17, 15) is 19.7 Å². The molecule has 0 radical (unpaired) electrons. The highest BCUT2D eigenvalue weighted by atomic mass is 16.5. The number of aryl methyl sites for hydroxylation is 2. The monoisotopic (exact) mass is 549 g/mol. The summed E-state index contributed by atoms with van der Waals surface area (Å²) in [4.78, 5) is 29.1. The Bertz CT molecular complexity index is 1180. The van der Waals surface area contributed by atoms with Crippen LogP contribution in [-0.2, 0) is 19.0 Å². The number of carbonyl (C=O) groups excluding carboxylic acids is 2. The molecule has 1 aromatic rings. The number of phenolic OH excluding ortho intramolecular Hbond substituents is 1. The van der Waals surface area contributed by atoms with Crippen LogP contribution in [-0.4, -0.2) is 59.8 Å². The summed E-state index contributed by atoms with van der Waals surface area (Å²) in [5, 5.41) is 21.0. The molecule has 0 unspecified atom stereocenters. The first-order valence-electron chi connectivity index (χ1n) is 15.1. The number of ether oxygens (including phenoxy) is 1. The zero-order valence-electron chi connectivity index (χ0n) is 24.4. The number of hydrogen-bond donors (Lipinski definition) is 2. The fourth-order valence-electron chi connectivity index (χ4n) is 7.77. The summed E-state index contributed by atoms with van der Waals surface area (Å²) in [5.74, 6) is -0.731. The Labute approximate surface area is 238 Å². The van der Waals surface area contributed by atoms with Gasteiger partial charge in [-0.05, 0) is 105 Å². The maximum absolute atomic E-state index is 13.9. The van der Waals surface area contributed by atoms with Crippen LogP contribution in [0.25, 0.3) is 6.08 Å². The highest BCUT2D eigenvalue weighted by Gasteiger charge is 2.58. The van der Waals surface area contributed by atoms with Crippen LogP contribution in [0.4, 0.5) is 0 Å². The van der Waals surface area contributed by atoms with E-state index in [0.717, 1.165) is 72.8 Å². The summed E-state index contributed by atoms with van der Waals surface area (Å²) in [6.07, 6.45) is 10.1. The maximum Gasteiger partial charge on any atom is 0.455 e. The zero-order valence-corrected chi connectivity index (χ0v) is 24.4. The smallest absolute Gasteiger partial charge is 0.455 e. The van der Waals surface area contributed by atoms with Gasteiger partial charge in [-0.3, -0.25) is 14.5 Å². The third-order valence-electron chi connectivity index (χ3n) is 9.67. The number of fused-ring (bicyclic) bond motifs is 3. The second kappa shape index (κ2) is 12.2. The lowest BCUT2D eigenvalue weighted by Gasteiger charge is -2.43. The van der Waals surface area contributed by atoms with Crippen LogP contribution >= 0.6 is 0 Å². The SMILES string of the molecule is CC/C(=C\c1cc(C)c(O)c(C)c1)CC[C@H]1OB(O)C[C@H]2C1=C(COC)C[C@H]1C(=O)N(C3CCCCC3)C(=O)[C@H]12. The van der Waals surface area contributed by atoms with Gasteiger partial charge in [0.05, 0.1) is 24.5 Å². The Morgan fingerprint density at radius 1 is 1.12 bits per heavy atom. The topological polar surface area (TPSA) is 96.3 Å². The van der Waals surface area contributed by atoms with Crippen LogP contribution in [0.1, 0.15) is 81.4 Å². The average Bonchev–Trinajstić information content (AvgIpc) is 3.19. The van der Waals surface area contributed by atoms with Crippen molar-refractivity contribution >= 4 is 25.0 Å². The number of likely N-dealkylation sites (tertiary alicyclic amines) is 1.